The summed E-state index contributed by atoms with van der Waals surface area (Å²) in [5, 5.41) is 16.3. The van der Waals surface area contributed by atoms with Gasteiger partial charge in [-0.2, -0.15) is 18.7 Å². The Morgan fingerprint density at radius 2 is 1.27 bits per heavy atom. The van der Waals surface area contributed by atoms with Crippen LogP contribution in [0.4, 0.5) is 8.78 Å². The summed E-state index contributed by atoms with van der Waals surface area (Å²) in [5.74, 6) is 8.28. The Morgan fingerprint density at radius 3 is 1.73 bits per heavy atom. The molecule has 0 aliphatic rings. The summed E-state index contributed by atoms with van der Waals surface area (Å²) in [6.07, 6.45) is 4.53. The number of aliphatic hydroxyl groups excluding tert-OH is 2. The van der Waals surface area contributed by atoms with Gasteiger partial charge in [0.1, 0.15) is 13.2 Å². The van der Waals surface area contributed by atoms with Crippen molar-refractivity contribution in [1.29, 1.82) is 0 Å². The van der Waals surface area contributed by atoms with E-state index in [0.29, 0.717) is 28.6 Å². The van der Waals surface area contributed by atoms with Crippen LogP contribution in [0.25, 0.3) is 0 Å². The van der Waals surface area contributed by atoms with E-state index in [-0.39, 0.29) is 25.0 Å². The van der Waals surface area contributed by atoms with Crippen LogP contribution in [0.3, 0.4) is 0 Å². The fourth-order valence-corrected chi connectivity index (χ4v) is 3.16. The lowest BCUT2D eigenvalue weighted by molar-refractivity contribution is 0.350. The summed E-state index contributed by atoms with van der Waals surface area (Å²) in [5.41, 5.74) is 0.676. The molecule has 11 heteroatoms. The van der Waals surface area contributed by atoms with E-state index in [1.165, 1.54) is 38.5 Å². The van der Waals surface area contributed by atoms with Gasteiger partial charge in [-0.1, -0.05) is 45.8 Å². The van der Waals surface area contributed by atoms with Gasteiger partial charge >= 0.3 is 0 Å². The Balaban J connectivity index is 0.000000256. The van der Waals surface area contributed by atoms with Gasteiger partial charge in [-0.15, -0.1) is 6.42 Å². The van der Waals surface area contributed by atoms with Gasteiger partial charge < -0.3 is 29.2 Å². The molecule has 0 spiro atoms. The van der Waals surface area contributed by atoms with Crippen LogP contribution in [0, 0.1) is 36.1 Å². The van der Waals surface area contributed by atoms with Crippen molar-refractivity contribution in [3.8, 4) is 58.9 Å². The van der Waals surface area contributed by atoms with E-state index < -0.39 is 11.9 Å². The van der Waals surface area contributed by atoms with Gasteiger partial charge in [0.15, 0.2) is 23.0 Å². The van der Waals surface area contributed by atoms with Crippen LogP contribution in [-0.2, 0) is 0 Å². The molecule has 0 radical (unpaired) electrons. The van der Waals surface area contributed by atoms with Crippen molar-refractivity contribution < 1.29 is 37.9 Å². The van der Waals surface area contributed by atoms with Gasteiger partial charge in [0.05, 0.1) is 14.2 Å². The maximum atomic E-state index is 13.0. The van der Waals surface area contributed by atoms with Gasteiger partial charge in [-0.3, -0.25) is 0 Å². The van der Waals surface area contributed by atoms with Crippen LogP contribution in [-0.4, -0.2) is 47.6 Å². The molecule has 0 fully saturated rings. The average Bonchev–Trinajstić information content (AvgIpc) is 2.98. The minimum absolute atomic E-state index is 0.137. The zero-order valence-electron chi connectivity index (χ0n) is 22.0. The molecule has 0 atom stereocenters. The van der Waals surface area contributed by atoms with Gasteiger partial charge in [0, 0.05) is 22.2 Å². The predicted molar refractivity (Wildman–Crippen MR) is 152 cm³/mol. The first-order valence-electron chi connectivity index (χ1n) is 11.6. The van der Waals surface area contributed by atoms with Crippen molar-refractivity contribution in [1.82, 2.24) is 9.97 Å². The first kappa shape index (κ1) is 32.5. The van der Waals surface area contributed by atoms with E-state index in [2.05, 4.69) is 44.2 Å². The molecular formula is C30H25BrF2N2O6. The summed E-state index contributed by atoms with van der Waals surface area (Å²) in [6.45, 7) is -0.367. The minimum Gasteiger partial charge on any atom is -0.493 e. The predicted octanol–water partition coefficient (Wildman–Crippen LogP) is 5.76. The van der Waals surface area contributed by atoms with Gasteiger partial charge in [0.2, 0.25) is 23.7 Å². The fraction of sp³-hybridized carbons (Fsp3) is 0.133. The molecule has 0 aliphatic heterocycles. The zero-order valence-corrected chi connectivity index (χ0v) is 23.6. The lowest BCUT2D eigenvalue weighted by atomic mass is 10.2. The molecule has 0 saturated heterocycles. The maximum absolute atomic E-state index is 13.0. The van der Waals surface area contributed by atoms with E-state index in [1.54, 1.807) is 48.5 Å². The number of hydrogen-bond donors (Lipinski definition) is 2. The summed E-state index contributed by atoms with van der Waals surface area (Å²) < 4.78 is 48.0. The molecule has 0 aliphatic carbocycles. The highest BCUT2D eigenvalue weighted by Gasteiger charge is 2.09. The van der Waals surface area contributed by atoms with Crippen molar-refractivity contribution in [3.05, 3.63) is 94.7 Å². The van der Waals surface area contributed by atoms with E-state index in [1.807, 2.05) is 5.92 Å². The molecule has 2 heterocycles. The topological polar surface area (TPSA) is 103 Å². The van der Waals surface area contributed by atoms with E-state index in [4.69, 9.17) is 29.2 Å². The Kier molecular flexibility index (Phi) is 14.1. The largest absolute Gasteiger partial charge is 0.493 e. The third-order valence-corrected chi connectivity index (χ3v) is 4.99. The Labute approximate surface area is 244 Å². The quantitative estimate of drug-likeness (QED) is 0.206. The van der Waals surface area contributed by atoms with Crippen LogP contribution in [0.5, 0.6) is 34.8 Å². The second kappa shape index (κ2) is 17.8. The molecule has 0 bridgehead atoms. The molecule has 8 nitrogen and oxygen atoms in total. The number of ether oxygens (including phenoxy) is 4. The van der Waals surface area contributed by atoms with Gasteiger partial charge in [0.25, 0.3) is 0 Å². The van der Waals surface area contributed by atoms with E-state index >= 15 is 0 Å². The molecule has 0 unspecified atom stereocenters. The molecule has 4 aromatic rings. The van der Waals surface area contributed by atoms with Crippen molar-refractivity contribution in [2.75, 3.05) is 27.4 Å². The Bertz CT molecular complexity index is 1520. The van der Waals surface area contributed by atoms with Crippen LogP contribution >= 0.6 is 15.9 Å². The maximum Gasteiger partial charge on any atom is 0.222 e. The van der Waals surface area contributed by atoms with Crippen LogP contribution < -0.4 is 18.9 Å². The molecule has 2 aromatic carbocycles. The molecule has 2 N–H and O–H groups in total. The molecular weight excluding hydrogens is 602 g/mol. The van der Waals surface area contributed by atoms with Crippen molar-refractivity contribution in [2.45, 2.75) is 0 Å². The second-order valence-corrected chi connectivity index (χ2v) is 8.20. The SMILES string of the molecule is C#CCO.COc1cc(Br)ccc1Oc1cccc(F)n1.COc1cc(C#CCO)ccc1Oc1cccc(F)n1. The number of aromatic nitrogens is 2. The molecule has 0 saturated carbocycles. The minimum atomic E-state index is -0.619. The number of pyridine rings is 2. The first-order chi connectivity index (χ1) is 19.8. The molecule has 212 valence electrons. The highest BCUT2D eigenvalue weighted by molar-refractivity contribution is 9.10. The zero-order chi connectivity index (χ0) is 30.0. The number of terminal acetylenes is 1. The summed E-state index contributed by atoms with van der Waals surface area (Å²) in [6, 6.07) is 18.9. The normalized spacial score (nSPS) is 9.32. The van der Waals surface area contributed by atoms with Crippen molar-refractivity contribution >= 4 is 15.9 Å². The smallest absolute Gasteiger partial charge is 0.222 e. The monoisotopic (exact) mass is 626 g/mol. The van der Waals surface area contributed by atoms with Crippen LogP contribution in [0.15, 0.2) is 77.3 Å². The number of benzene rings is 2. The summed E-state index contributed by atoms with van der Waals surface area (Å²) in [7, 11) is 3.03. The molecule has 2 aromatic heterocycles. The number of aliphatic hydroxyl groups is 2. The highest BCUT2D eigenvalue weighted by Crippen LogP contribution is 2.33. The second-order valence-electron chi connectivity index (χ2n) is 7.28. The van der Waals surface area contributed by atoms with Crippen molar-refractivity contribution in [3.63, 3.8) is 0 Å². The lowest BCUT2D eigenvalue weighted by Crippen LogP contribution is -1.94. The standard InChI is InChI=1S/C15H12FNO3.C12H9BrFNO2.C3H4O/c1-19-13-10-11(4-3-9-18)7-8-12(13)20-15-6-2-5-14(16)17-15;1-16-10-7-8(13)5-6-9(10)17-12-4-2-3-11(14)15-12;1-2-3-4/h2,5-8,10,18H,9H2,1H3;2-7H,1H3;1,4H,3H2. The molecule has 0 amide bonds. The van der Waals surface area contributed by atoms with Crippen LogP contribution in [0.1, 0.15) is 5.56 Å². The number of nitrogens with zero attached hydrogens (tertiary/aromatic N) is 2. The summed E-state index contributed by atoms with van der Waals surface area (Å²) >= 11 is 3.32. The van der Waals surface area contributed by atoms with Gasteiger partial charge in [-0.05, 0) is 48.5 Å². The Morgan fingerprint density at radius 1 is 0.756 bits per heavy atom. The molecule has 41 heavy (non-hydrogen) atoms. The summed E-state index contributed by atoms with van der Waals surface area (Å²) in [4.78, 5) is 7.22. The number of halogens is 3. The van der Waals surface area contributed by atoms with Gasteiger partial charge in [-0.25, -0.2) is 0 Å². The third-order valence-electron chi connectivity index (χ3n) is 4.50. The fourth-order valence-electron chi connectivity index (χ4n) is 2.82. The first-order valence-corrected chi connectivity index (χ1v) is 12.4. The highest BCUT2D eigenvalue weighted by atomic mass is 79.9. The van der Waals surface area contributed by atoms with E-state index in [0.717, 1.165) is 4.47 Å². The van der Waals surface area contributed by atoms with Crippen molar-refractivity contribution in [2.24, 2.45) is 0 Å². The Hall–Kier alpha value is -4.68. The van der Waals surface area contributed by atoms with Crippen LogP contribution in [0.2, 0.25) is 0 Å². The third kappa shape index (κ3) is 11.5. The number of hydrogen-bond acceptors (Lipinski definition) is 8. The molecule has 4 rings (SSSR count). The lowest BCUT2D eigenvalue weighted by Gasteiger charge is -2.09. The number of methoxy groups -OCH3 is 2. The average molecular weight is 627 g/mol. The van der Waals surface area contributed by atoms with E-state index in [9.17, 15) is 8.78 Å². The number of rotatable bonds is 6.